The minimum Gasteiger partial charge on any atom is -0.459 e. The largest absolute Gasteiger partial charge is 0.459 e. The zero-order chi connectivity index (χ0) is 20.1. The van der Waals surface area contributed by atoms with Crippen molar-refractivity contribution in [3.63, 3.8) is 0 Å². The SMILES string of the molecule is Cc1cc(C)cc(N(CCC#N)C(=O)CNC(C)c2cc3ccccc3o2)c1. The van der Waals surface area contributed by atoms with E-state index in [2.05, 4.69) is 17.5 Å². The van der Waals surface area contributed by atoms with Crippen molar-refractivity contribution in [3.05, 3.63) is 65.4 Å². The average Bonchev–Trinajstić information content (AvgIpc) is 3.10. The number of nitriles is 1. The minimum atomic E-state index is -0.103. The van der Waals surface area contributed by atoms with Crippen LogP contribution in [0.4, 0.5) is 5.69 Å². The van der Waals surface area contributed by atoms with Crippen LogP contribution in [-0.2, 0) is 4.79 Å². The molecular weight excluding hydrogens is 350 g/mol. The second-order valence-electron chi connectivity index (χ2n) is 7.09. The second kappa shape index (κ2) is 8.73. The quantitative estimate of drug-likeness (QED) is 0.653. The summed E-state index contributed by atoms with van der Waals surface area (Å²) in [6.07, 6.45) is 0.290. The van der Waals surface area contributed by atoms with Gasteiger partial charge in [0.15, 0.2) is 0 Å². The van der Waals surface area contributed by atoms with Crippen LogP contribution in [0.5, 0.6) is 0 Å². The van der Waals surface area contributed by atoms with Crippen molar-refractivity contribution in [3.8, 4) is 6.07 Å². The Morgan fingerprint density at radius 2 is 1.89 bits per heavy atom. The Bertz CT molecular complexity index is 963. The van der Waals surface area contributed by atoms with Gasteiger partial charge in [-0.15, -0.1) is 0 Å². The number of nitrogens with zero attached hydrogens (tertiary/aromatic N) is 2. The molecule has 3 rings (SSSR count). The number of benzene rings is 2. The highest BCUT2D eigenvalue weighted by Crippen LogP contribution is 2.24. The molecule has 144 valence electrons. The van der Waals surface area contributed by atoms with E-state index in [9.17, 15) is 4.79 Å². The predicted molar refractivity (Wildman–Crippen MR) is 111 cm³/mol. The van der Waals surface area contributed by atoms with Gasteiger partial charge in [0.1, 0.15) is 11.3 Å². The number of aryl methyl sites for hydroxylation is 2. The Labute approximate surface area is 165 Å². The third-order valence-electron chi connectivity index (χ3n) is 4.70. The van der Waals surface area contributed by atoms with Gasteiger partial charge in [0.2, 0.25) is 5.91 Å². The number of furan rings is 1. The number of amides is 1. The molecule has 0 aliphatic heterocycles. The number of para-hydroxylation sites is 1. The van der Waals surface area contributed by atoms with Gasteiger partial charge in [-0.25, -0.2) is 0 Å². The van der Waals surface area contributed by atoms with Crippen LogP contribution in [0.25, 0.3) is 11.0 Å². The van der Waals surface area contributed by atoms with Crippen LogP contribution >= 0.6 is 0 Å². The zero-order valence-corrected chi connectivity index (χ0v) is 16.5. The van der Waals surface area contributed by atoms with E-state index in [0.29, 0.717) is 6.54 Å². The van der Waals surface area contributed by atoms with Gasteiger partial charge in [-0.3, -0.25) is 10.1 Å². The molecule has 0 fully saturated rings. The van der Waals surface area contributed by atoms with Crippen LogP contribution in [0.3, 0.4) is 0 Å². The highest BCUT2D eigenvalue weighted by molar-refractivity contribution is 5.95. The number of carbonyl (C=O) groups is 1. The van der Waals surface area contributed by atoms with Crippen LogP contribution in [0.15, 0.2) is 52.9 Å². The summed E-state index contributed by atoms with van der Waals surface area (Å²) in [5, 5.41) is 13.3. The first-order valence-electron chi connectivity index (χ1n) is 9.45. The lowest BCUT2D eigenvalue weighted by Crippen LogP contribution is -2.39. The Hall–Kier alpha value is -3.10. The molecule has 1 amide bonds. The summed E-state index contributed by atoms with van der Waals surface area (Å²) in [6.45, 7) is 6.52. The van der Waals surface area contributed by atoms with Crippen LogP contribution in [-0.4, -0.2) is 19.0 Å². The molecule has 1 aromatic heterocycles. The van der Waals surface area contributed by atoms with Crippen molar-refractivity contribution in [2.75, 3.05) is 18.0 Å². The van der Waals surface area contributed by atoms with Gasteiger partial charge >= 0.3 is 0 Å². The van der Waals surface area contributed by atoms with Crippen molar-refractivity contribution in [2.45, 2.75) is 33.2 Å². The summed E-state index contributed by atoms with van der Waals surface area (Å²) in [7, 11) is 0. The number of carbonyl (C=O) groups excluding carboxylic acids is 1. The highest BCUT2D eigenvalue weighted by atomic mass is 16.3. The van der Waals surface area contributed by atoms with Gasteiger partial charge < -0.3 is 9.32 Å². The lowest BCUT2D eigenvalue weighted by Gasteiger charge is -2.24. The third-order valence-corrected chi connectivity index (χ3v) is 4.70. The molecule has 1 unspecified atom stereocenters. The summed E-state index contributed by atoms with van der Waals surface area (Å²) < 4.78 is 5.87. The number of nitrogens with one attached hydrogen (secondary N) is 1. The van der Waals surface area contributed by atoms with E-state index >= 15 is 0 Å². The second-order valence-corrected chi connectivity index (χ2v) is 7.09. The van der Waals surface area contributed by atoms with Crippen molar-refractivity contribution in [2.24, 2.45) is 0 Å². The fourth-order valence-electron chi connectivity index (χ4n) is 3.32. The van der Waals surface area contributed by atoms with Crippen LogP contribution < -0.4 is 10.2 Å². The number of anilines is 1. The number of fused-ring (bicyclic) bond motifs is 1. The first-order valence-corrected chi connectivity index (χ1v) is 9.45. The number of hydrogen-bond acceptors (Lipinski definition) is 4. The first-order chi connectivity index (χ1) is 13.5. The maximum atomic E-state index is 12.9. The Balaban J connectivity index is 1.71. The summed E-state index contributed by atoms with van der Waals surface area (Å²) in [5.74, 6) is 0.729. The molecule has 0 aliphatic rings. The van der Waals surface area contributed by atoms with Gasteiger partial charge in [0.25, 0.3) is 0 Å². The molecule has 1 N–H and O–H groups in total. The summed E-state index contributed by atoms with van der Waals surface area (Å²) >= 11 is 0. The van der Waals surface area contributed by atoms with Crippen LogP contribution in [0, 0.1) is 25.2 Å². The molecule has 0 saturated heterocycles. The molecule has 1 atom stereocenters. The summed E-state index contributed by atoms with van der Waals surface area (Å²) in [5.41, 5.74) is 3.85. The lowest BCUT2D eigenvalue weighted by atomic mass is 10.1. The van der Waals surface area contributed by atoms with Gasteiger partial charge in [0.05, 0.1) is 25.1 Å². The summed E-state index contributed by atoms with van der Waals surface area (Å²) in [6, 6.07) is 17.9. The fraction of sp³-hybridized carbons (Fsp3) is 0.304. The van der Waals surface area contributed by atoms with Crippen LogP contribution in [0.1, 0.15) is 36.3 Å². The fourth-order valence-corrected chi connectivity index (χ4v) is 3.32. The molecule has 1 heterocycles. The van der Waals surface area contributed by atoms with Gasteiger partial charge in [-0.2, -0.15) is 5.26 Å². The molecule has 0 radical (unpaired) electrons. The topological polar surface area (TPSA) is 69.3 Å². The van der Waals surface area contributed by atoms with Gasteiger partial charge in [-0.1, -0.05) is 24.3 Å². The molecule has 0 saturated carbocycles. The Morgan fingerprint density at radius 1 is 1.18 bits per heavy atom. The lowest BCUT2D eigenvalue weighted by molar-refractivity contribution is -0.117. The molecule has 5 heteroatoms. The highest BCUT2D eigenvalue weighted by Gasteiger charge is 2.18. The minimum absolute atomic E-state index is 0.0665. The molecular formula is C23H25N3O2. The van der Waals surface area contributed by atoms with Gasteiger partial charge in [0, 0.05) is 17.6 Å². The van der Waals surface area contributed by atoms with E-state index in [1.807, 2.05) is 63.2 Å². The Morgan fingerprint density at radius 3 is 2.57 bits per heavy atom. The third kappa shape index (κ3) is 4.59. The maximum absolute atomic E-state index is 12.9. The van der Waals surface area contributed by atoms with E-state index in [-0.39, 0.29) is 24.9 Å². The van der Waals surface area contributed by atoms with Gasteiger partial charge in [-0.05, 0) is 56.2 Å². The molecule has 0 spiro atoms. The molecule has 0 aliphatic carbocycles. The summed E-state index contributed by atoms with van der Waals surface area (Å²) in [4.78, 5) is 14.6. The first kappa shape index (κ1) is 19.7. The molecule has 3 aromatic rings. The van der Waals surface area contributed by atoms with Crippen molar-refractivity contribution >= 4 is 22.6 Å². The Kier molecular flexibility index (Phi) is 6.13. The van der Waals surface area contributed by atoms with Crippen molar-refractivity contribution in [1.29, 1.82) is 5.26 Å². The van der Waals surface area contributed by atoms with Crippen molar-refractivity contribution in [1.82, 2.24) is 5.32 Å². The smallest absolute Gasteiger partial charge is 0.240 e. The normalized spacial score (nSPS) is 11.9. The molecule has 0 bridgehead atoms. The predicted octanol–water partition coefficient (Wildman–Crippen LogP) is 4.65. The molecule has 2 aromatic carbocycles. The van der Waals surface area contributed by atoms with Crippen molar-refractivity contribution < 1.29 is 9.21 Å². The number of hydrogen-bond donors (Lipinski definition) is 1. The van der Waals surface area contributed by atoms with E-state index in [1.165, 1.54) is 0 Å². The monoisotopic (exact) mass is 375 g/mol. The number of rotatable bonds is 7. The molecule has 28 heavy (non-hydrogen) atoms. The van der Waals surface area contributed by atoms with E-state index in [4.69, 9.17) is 9.68 Å². The van der Waals surface area contributed by atoms with E-state index in [0.717, 1.165) is 33.5 Å². The van der Waals surface area contributed by atoms with Crippen LogP contribution in [0.2, 0.25) is 0 Å². The average molecular weight is 375 g/mol. The van der Waals surface area contributed by atoms with E-state index < -0.39 is 0 Å². The molecule has 5 nitrogen and oxygen atoms in total. The maximum Gasteiger partial charge on any atom is 0.240 e. The zero-order valence-electron chi connectivity index (χ0n) is 16.5. The van der Waals surface area contributed by atoms with E-state index in [1.54, 1.807) is 4.90 Å². The standard InChI is InChI=1S/C23H25N3O2/c1-16-11-17(2)13-20(12-16)26(10-6-9-24)23(27)15-25-18(3)22-14-19-7-4-5-8-21(19)28-22/h4-5,7-8,11-14,18,25H,6,10,15H2,1-3H3.